The molecule has 4 rings (SSSR count). The van der Waals surface area contributed by atoms with Crippen LogP contribution in [0.2, 0.25) is 0 Å². The second-order valence-electron chi connectivity index (χ2n) is 6.56. The first kappa shape index (κ1) is 16.4. The van der Waals surface area contributed by atoms with Gasteiger partial charge in [0.15, 0.2) is 0 Å². The number of nitrogens with one attached hydrogen (secondary N) is 2. The zero-order chi connectivity index (χ0) is 18.1. The third-order valence-electron chi connectivity index (χ3n) is 4.81. The average Bonchev–Trinajstić information content (AvgIpc) is 3.11. The number of hydrogen-bond donors (Lipinski definition) is 3. The summed E-state index contributed by atoms with van der Waals surface area (Å²) in [4.78, 5) is 20.8. The van der Waals surface area contributed by atoms with Gasteiger partial charge in [0.05, 0.1) is 23.6 Å². The van der Waals surface area contributed by atoms with Crippen molar-refractivity contribution in [2.45, 2.75) is 12.6 Å². The first-order valence-corrected chi connectivity index (χ1v) is 8.53. The van der Waals surface area contributed by atoms with Crippen molar-refractivity contribution in [3.63, 3.8) is 0 Å². The Balaban J connectivity index is 1.52. The molecule has 26 heavy (non-hydrogen) atoms. The zero-order valence-electron chi connectivity index (χ0n) is 14.4. The number of carboxylic acid groups (broad SMARTS) is 1. The highest BCUT2D eigenvalue weighted by molar-refractivity contribution is 5.88. The molecule has 2 aromatic heterocycles. The van der Waals surface area contributed by atoms with Crippen molar-refractivity contribution >= 4 is 28.3 Å². The van der Waals surface area contributed by atoms with E-state index in [2.05, 4.69) is 39.4 Å². The van der Waals surface area contributed by atoms with Crippen molar-refractivity contribution in [1.29, 1.82) is 0 Å². The molecule has 0 bridgehead atoms. The Kier molecular flexibility index (Phi) is 4.18. The normalized spacial score (nSPS) is 17.9. The van der Waals surface area contributed by atoms with E-state index in [0.717, 1.165) is 35.2 Å². The maximum absolute atomic E-state index is 11.0. The van der Waals surface area contributed by atoms with Gasteiger partial charge >= 0.3 is 5.97 Å². The second kappa shape index (κ2) is 6.65. The molecule has 0 saturated carbocycles. The number of pyridine rings is 1. The Morgan fingerprint density at radius 3 is 2.88 bits per heavy atom. The molecule has 0 amide bonds. The number of rotatable bonds is 4. The molecular formula is C20H20N4O2. The molecule has 3 N–H and O–H groups in total. The van der Waals surface area contributed by atoms with E-state index in [-0.39, 0.29) is 6.17 Å². The maximum Gasteiger partial charge on any atom is 0.335 e. The molecule has 132 valence electrons. The third-order valence-corrected chi connectivity index (χ3v) is 4.81. The van der Waals surface area contributed by atoms with Gasteiger partial charge in [-0.3, -0.25) is 4.90 Å². The molecule has 1 unspecified atom stereocenters. The van der Waals surface area contributed by atoms with Gasteiger partial charge in [0, 0.05) is 24.5 Å². The van der Waals surface area contributed by atoms with E-state index in [1.54, 1.807) is 12.1 Å². The summed E-state index contributed by atoms with van der Waals surface area (Å²) in [6, 6.07) is 11.2. The molecule has 1 atom stereocenters. The lowest BCUT2D eigenvalue weighted by Gasteiger charge is -2.33. The standard InChI is InChI=1S/C20H20N4O2/c1-24-9-7-15(13-2-4-14(5-3-13)20(25)26)11-18(24)23-17-10-16-6-8-21-19(16)22-12-17/h2-8,10,12,18,23H,9,11H2,1H3,(H,21,22)(H,25,26). The minimum absolute atomic E-state index is 0.146. The fourth-order valence-corrected chi connectivity index (χ4v) is 3.26. The molecule has 1 aliphatic rings. The third kappa shape index (κ3) is 3.19. The van der Waals surface area contributed by atoms with Crippen LogP contribution >= 0.6 is 0 Å². The number of anilines is 1. The smallest absolute Gasteiger partial charge is 0.335 e. The number of fused-ring (bicyclic) bond motifs is 1. The van der Waals surface area contributed by atoms with E-state index in [1.807, 2.05) is 30.6 Å². The lowest BCUT2D eigenvalue weighted by atomic mass is 9.96. The molecule has 1 aliphatic heterocycles. The molecule has 0 spiro atoms. The number of aromatic nitrogens is 2. The Morgan fingerprint density at radius 2 is 2.12 bits per heavy atom. The van der Waals surface area contributed by atoms with Crippen LogP contribution in [0, 0.1) is 0 Å². The van der Waals surface area contributed by atoms with Crippen LogP contribution < -0.4 is 5.32 Å². The SMILES string of the molecule is CN1CC=C(c2ccc(C(=O)O)cc2)CC1Nc1cnc2[nH]ccc2c1. The number of aromatic amines is 1. The van der Waals surface area contributed by atoms with Crippen molar-refractivity contribution in [2.75, 3.05) is 18.9 Å². The first-order chi connectivity index (χ1) is 12.6. The Bertz CT molecular complexity index is 975. The quantitative estimate of drug-likeness (QED) is 0.673. The fraction of sp³-hybridized carbons (Fsp3) is 0.200. The molecule has 6 heteroatoms. The molecule has 1 aromatic carbocycles. The lowest BCUT2D eigenvalue weighted by Crippen LogP contribution is -2.40. The Labute approximate surface area is 151 Å². The monoisotopic (exact) mass is 348 g/mol. The highest BCUT2D eigenvalue weighted by Gasteiger charge is 2.21. The number of H-pyrrole nitrogens is 1. The molecule has 0 aliphatic carbocycles. The van der Waals surface area contributed by atoms with E-state index >= 15 is 0 Å². The highest BCUT2D eigenvalue weighted by Crippen LogP contribution is 2.27. The number of carbonyl (C=O) groups is 1. The van der Waals surface area contributed by atoms with Crippen molar-refractivity contribution < 1.29 is 9.90 Å². The molecule has 3 aromatic rings. The van der Waals surface area contributed by atoms with E-state index in [0.29, 0.717) is 5.56 Å². The summed E-state index contributed by atoms with van der Waals surface area (Å²) in [5, 5.41) is 13.7. The number of benzene rings is 1. The van der Waals surface area contributed by atoms with Crippen molar-refractivity contribution in [3.8, 4) is 0 Å². The van der Waals surface area contributed by atoms with Crippen molar-refractivity contribution in [1.82, 2.24) is 14.9 Å². The van der Waals surface area contributed by atoms with Gasteiger partial charge in [0.1, 0.15) is 5.65 Å². The van der Waals surface area contributed by atoms with E-state index in [9.17, 15) is 4.79 Å². The number of carboxylic acids is 1. The van der Waals surface area contributed by atoms with Crippen molar-refractivity contribution in [2.24, 2.45) is 0 Å². The number of nitrogens with zero attached hydrogens (tertiary/aromatic N) is 2. The predicted molar refractivity (Wildman–Crippen MR) is 102 cm³/mol. The summed E-state index contributed by atoms with van der Waals surface area (Å²) < 4.78 is 0. The summed E-state index contributed by atoms with van der Waals surface area (Å²) in [7, 11) is 2.08. The number of likely N-dealkylation sites (N-methyl/N-ethyl adjacent to an activating group) is 1. The summed E-state index contributed by atoms with van der Waals surface area (Å²) in [5.74, 6) is -0.902. The molecule has 0 fully saturated rings. The van der Waals surface area contributed by atoms with Gasteiger partial charge in [-0.25, -0.2) is 9.78 Å². The maximum atomic E-state index is 11.0. The van der Waals surface area contributed by atoms with Crippen LogP contribution in [0.1, 0.15) is 22.3 Å². The summed E-state index contributed by atoms with van der Waals surface area (Å²) >= 11 is 0. The van der Waals surface area contributed by atoms with Gasteiger partial charge in [-0.15, -0.1) is 0 Å². The van der Waals surface area contributed by atoms with E-state index in [4.69, 9.17) is 5.11 Å². The average molecular weight is 348 g/mol. The minimum Gasteiger partial charge on any atom is -0.478 e. The number of hydrogen-bond acceptors (Lipinski definition) is 4. The summed E-state index contributed by atoms with van der Waals surface area (Å²) in [6.07, 6.45) is 6.89. The topological polar surface area (TPSA) is 81.2 Å². The van der Waals surface area contributed by atoms with E-state index in [1.165, 1.54) is 5.57 Å². The Hall–Kier alpha value is -3.12. The molecule has 0 saturated heterocycles. The number of aromatic carboxylic acids is 1. The van der Waals surface area contributed by atoms with Crippen LogP contribution in [-0.4, -0.2) is 45.7 Å². The van der Waals surface area contributed by atoms with Crippen LogP contribution in [0.4, 0.5) is 5.69 Å². The van der Waals surface area contributed by atoms with Gasteiger partial charge in [0.25, 0.3) is 0 Å². The van der Waals surface area contributed by atoms with Crippen LogP contribution in [0.5, 0.6) is 0 Å². The zero-order valence-corrected chi connectivity index (χ0v) is 14.4. The van der Waals surface area contributed by atoms with Crippen LogP contribution in [0.3, 0.4) is 0 Å². The Morgan fingerprint density at radius 1 is 1.31 bits per heavy atom. The second-order valence-corrected chi connectivity index (χ2v) is 6.56. The van der Waals surface area contributed by atoms with Crippen LogP contribution in [0.25, 0.3) is 16.6 Å². The highest BCUT2D eigenvalue weighted by atomic mass is 16.4. The summed E-state index contributed by atoms with van der Waals surface area (Å²) in [5.41, 5.74) is 4.45. The van der Waals surface area contributed by atoms with E-state index < -0.39 is 5.97 Å². The van der Waals surface area contributed by atoms with Gasteiger partial charge in [-0.05, 0) is 42.4 Å². The lowest BCUT2D eigenvalue weighted by molar-refractivity contribution is 0.0697. The van der Waals surface area contributed by atoms with Gasteiger partial charge in [-0.2, -0.15) is 0 Å². The van der Waals surface area contributed by atoms with Gasteiger partial charge < -0.3 is 15.4 Å². The molecule has 0 radical (unpaired) electrons. The van der Waals surface area contributed by atoms with Crippen molar-refractivity contribution in [3.05, 3.63) is 66.0 Å². The summed E-state index contributed by atoms with van der Waals surface area (Å²) in [6.45, 7) is 0.827. The molecule has 3 heterocycles. The minimum atomic E-state index is -0.902. The first-order valence-electron chi connectivity index (χ1n) is 8.53. The van der Waals surface area contributed by atoms with Gasteiger partial charge in [-0.1, -0.05) is 18.2 Å². The van der Waals surface area contributed by atoms with Crippen LogP contribution in [0.15, 0.2) is 54.9 Å². The van der Waals surface area contributed by atoms with Gasteiger partial charge in [0.2, 0.25) is 0 Å². The largest absolute Gasteiger partial charge is 0.478 e. The molecular weight excluding hydrogens is 328 g/mol. The van der Waals surface area contributed by atoms with Crippen LogP contribution in [-0.2, 0) is 0 Å². The predicted octanol–water partition coefficient (Wildman–Crippen LogP) is 3.42. The molecule has 6 nitrogen and oxygen atoms in total. The fourth-order valence-electron chi connectivity index (χ4n) is 3.26.